The molecule has 2 N–H and O–H groups in total. The van der Waals surface area contributed by atoms with Crippen LogP contribution in [-0.4, -0.2) is 29.5 Å². The highest BCUT2D eigenvalue weighted by molar-refractivity contribution is 6.30. The summed E-state index contributed by atoms with van der Waals surface area (Å²) in [6.07, 6.45) is 2.08. The number of carbonyl (C=O) groups excluding carboxylic acids is 1. The van der Waals surface area contributed by atoms with Crippen molar-refractivity contribution >= 4 is 29.0 Å². The van der Waals surface area contributed by atoms with Crippen molar-refractivity contribution < 1.29 is 9.53 Å². The first-order valence-corrected chi connectivity index (χ1v) is 9.19. The van der Waals surface area contributed by atoms with E-state index in [2.05, 4.69) is 20.6 Å². The number of amides is 1. The molecule has 3 rings (SSSR count). The van der Waals surface area contributed by atoms with Gasteiger partial charge in [-0.3, -0.25) is 4.79 Å². The van der Waals surface area contributed by atoms with Crippen molar-refractivity contribution in [2.24, 2.45) is 0 Å². The van der Waals surface area contributed by atoms with Crippen molar-refractivity contribution in [2.45, 2.75) is 13.3 Å². The van der Waals surface area contributed by atoms with Crippen LogP contribution in [0.3, 0.4) is 0 Å². The minimum absolute atomic E-state index is 0.248. The highest BCUT2D eigenvalue weighted by Crippen LogP contribution is 2.23. The molecule has 1 amide bonds. The summed E-state index contributed by atoms with van der Waals surface area (Å²) in [7, 11) is 1.63. The predicted octanol–water partition coefficient (Wildman–Crippen LogP) is 4.16. The lowest BCUT2D eigenvalue weighted by molar-refractivity contribution is 0.0949. The van der Waals surface area contributed by atoms with E-state index in [1.807, 2.05) is 49.4 Å². The SMILES string of the molecule is COc1ccc(CCNC(=O)c2cc(Nc3cc(Cl)ccc3C)ncn2)cc1. The highest BCUT2D eigenvalue weighted by atomic mass is 35.5. The summed E-state index contributed by atoms with van der Waals surface area (Å²) < 4.78 is 5.14. The van der Waals surface area contributed by atoms with Gasteiger partial charge in [0.25, 0.3) is 5.91 Å². The van der Waals surface area contributed by atoms with Gasteiger partial charge in [-0.2, -0.15) is 0 Å². The molecule has 6 nitrogen and oxygen atoms in total. The van der Waals surface area contributed by atoms with Gasteiger partial charge in [-0.05, 0) is 48.7 Å². The third kappa shape index (κ3) is 5.20. The van der Waals surface area contributed by atoms with Gasteiger partial charge in [0, 0.05) is 23.3 Å². The maximum absolute atomic E-state index is 12.4. The number of halogens is 1. The van der Waals surface area contributed by atoms with Crippen LogP contribution in [0.2, 0.25) is 5.02 Å². The van der Waals surface area contributed by atoms with Crippen LogP contribution in [0.4, 0.5) is 11.5 Å². The number of nitrogens with zero attached hydrogens (tertiary/aromatic N) is 2. The summed E-state index contributed by atoms with van der Waals surface area (Å²) in [5, 5.41) is 6.68. The largest absolute Gasteiger partial charge is 0.497 e. The summed E-state index contributed by atoms with van der Waals surface area (Å²) in [6, 6.07) is 14.9. The zero-order chi connectivity index (χ0) is 19.9. The molecule has 0 unspecified atom stereocenters. The Morgan fingerprint density at radius 2 is 1.89 bits per heavy atom. The van der Waals surface area contributed by atoms with Crippen LogP contribution >= 0.6 is 11.6 Å². The fourth-order valence-corrected chi connectivity index (χ4v) is 2.79. The minimum Gasteiger partial charge on any atom is -0.497 e. The third-order valence-electron chi connectivity index (χ3n) is 4.22. The van der Waals surface area contributed by atoms with Crippen LogP contribution in [-0.2, 0) is 6.42 Å². The molecule has 1 aromatic heterocycles. The number of rotatable bonds is 7. The van der Waals surface area contributed by atoms with E-state index < -0.39 is 0 Å². The first-order valence-electron chi connectivity index (χ1n) is 8.81. The summed E-state index contributed by atoms with van der Waals surface area (Å²) in [5.74, 6) is 1.09. The normalized spacial score (nSPS) is 10.4. The van der Waals surface area contributed by atoms with Gasteiger partial charge in [0.2, 0.25) is 0 Å². The Labute approximate surface area is 168 Å². The molecule has 0 saturated carbocycles. The maximum atomic E-state index is 12.4. The number of anilines is 2. The van der Waals surface area contributed by atoms with Gasteiger partial charge in [0.1, 0.15) is 23.6 Å². The fraction of sp³-hybridized carbons (Fsp3) is 0.190. The van der Waals surface area contributed by atoms with E-state index in [1.165, 1.54) is 6.33 Å². The van der Waals surface area contributed by atoms with Crippen LogP contribution in [0.15, 0.2) is 54.9 Å². The average molecular weight is 397 g/mol. The Morgan fingerprint density at radius 1 is 1.11 bits per heavy atom. The number of hydrogen-bond acceptors (Lipinski definition) is 5. The minimum atomic E-state index is -0.248. The zero-order valence-corrected chi connectivity index (χ0v) is 16.5. The van der Waals surface area contributed by atoms with E-state index >= 15 is 0 Å². The summed E-state index contributed by atoms with van der Waals surface area (Å²) >= 11 is 6.05. The Kier molecular flexibility index (Phi) is 6.45. The van der Waals surface area contributed by atoms with Gasteiger partial charge < -0.3 is 15.4 Å². The number of nitrogens with one attached hydrogen (secondary N) is 2. The Bertz CT molecular complexity index is 961. The molecular formula is C21H21ClN4O2. The quantitative estimate of drug-likeness (QED) is 0.627. The smallest absolute Gasteiger partial charge is 0.270 e. The van der Waals surface area contributed by atoms with E-state index in [0.29, 0.717) is 29.5 Å². The van der Waals surface area contributed by atoms with Crippen LogP contribution < -0.4 is 15.4 Å². The average Bonchev–Trinajstić information content (AvgIpc) is 2.71. The number of ether oxygens (including phenoxy) is 1. The highest BCUT2D eigenvalue weighted by Gasteiger charge is 2.09. The van der Waals surface area contributed by atoms with Crippen molar-refractivity contribution in [3.63, 3.8) is 0 Å². The van der Waals surface area contributed by atoms with Gasteiger partial charge in [0.15, 0.2) is 0 Å². The number of methoxy groups -OCH3 is 1. The van der Waals surface area contributed by atoms with Gasteiger partial charge in [-0.15, -0.1) is 0 Å². The molecule has 0 aliphatic carbocycles. The number of aromatic nitrogens is 2. The summed E-state index contributed by atoms with van der Waals surface area (Å²) in [6.45, 7) is 2.47. The topological polar surface area (TPSA) is 76.1 Å². The molecule has 144 valence electrons. The molecule has 2 aromatic carbocycles. The molecule has 28 heavy (non-hydrogen) atoms. The molecule has 3 aromatic rings. The molecule has 1 heterocycles. The van der Waals surface area contributed by atoms with E-state index in [1.54, 1.807) is 13.2 Å². The van der Waals surface area contributed by atoms with Crippen LogP contribution in [0.1, 0.15) is 21.6 Å². The Hall–Kier alpha value is -3.12. The first-order chi connectivity index (χ1) is 13.5. The molecule has 0 saturated heterocycles. The van der Waals surface area contributed by atoms with E-state index in [-0.39, 0.29) is 5.91 Å². The van der Waals surface area contributed by atoms with Crippen molar-refractivity contribution in [2.75, 3.05) is 19.0 Å². The number of hydrogen-bond donors (Lipinski definition) is 2. The number of aryl methyl sites for hydroxylation is 1. The van der Waals surface area contributed by atoms with E-state index in [4.69, 9.17) is 16.3 Å². The molecule has 0 fully saturated rings. The summed E-state index contributed by atoms with van der Waals surface area (Å²) in [5.41, 5.74) is 3.26. The summed E-state index contributed by atoms with van der Waals surface area (Å²) in [4.78, 5) is 20.6. The van der Waals surface area contributed by atoms with E-state index in [9.17, 15) is 4.79 Å². The standard InChI is InChI=1S/C21H21ClN4O2/c1-14-3-6-16(22)11-18(14)26-20-12-19(24-13-25-20)21(27)23-10-9-15-4-7-17(28-2)8-5-15/h3-8,11-13H,9-10H2,1-2H3,(H,23,27)(H,24,25,26). The van der Waals surface area contributed by atoms with Crippen molar-refractivity contribution in [3.05, 3.63) is 76.7 Å². The first kappa shape index (κ1) is 19.6. The fourth-order valence-electron chi connectivity index (χ4n) is 2.62. The van der Waals surface area contributed by atoms with Gasteiger partial charge in [-0.25, -0.2) is 9.97 Å². The predicted molar refractivity (Wildman–Crippen MR) is 111 cm³/mol. The molecule has 0 radical (unpaired) electrons. The Balaban J connectivity index is 1.59. The second-order valence-corrected chi connectivity index (χ2v) is 6.66. The maximum Gasteiger partial charge on any atom is 0.270 e. The van der Waals surface area contributed by atoms with Crippen LogP contribution in [0, 0.1) is 6.92 Å². The molecular weight excluding hydrogens is 376 g/mol. The monoisotopic (exact) mass is 396 g/mol. The van der Waals surface area contributed by atoms with Crippen molar-refractivity contribution in [1.82, 2.24) is 15.3 Å². The van der Waals surface area contributed by atoms with Crippen molar-refractivity contribution in [3.8, 4) is 5.75 Å². The van der Waals surface area contributed by atoms with Crippen LogP contribution in [0.25, 0.3) is 0 Å². The molecule has 0 bridgehead atoms. The number of carbonyl (C=O) groups is 1. The molecule has 0 aliphatic heterocycles. The molecule has 0 aliphatic rings. The third-order valence-corrected chi connectivity index (χ3v) is 4.46. The lowest BCUT2D eigenvalue weighted by atomic mass is 10.1. The molecule has 0 spiro atoms. The lowest BCUT2D eigenvalue weighted by Crippen LogP contribution is -2.26. The van der Waals surface area contributed by atoms with Crippen molar-refractivity contribution in [1.29, 1.82) is 0 Å². The molecule has 0 atom stereocenters. The van der Waals surface area contributed by atoms with Gasteiger partial charge >= 0.3 is 0 Å². The van der Waals surface area contributed by atoms with E-state index in [0.717, 1.165) is 22.6 Å². The Morgan fingerprint density at radius 3 is 2.64 bits per heavy atom. The second kappa shape index (κ2) is 9.19. The lowest BCUT2D eigenvalue weighted by Gasteiger charge is -2.10. The van der Waals surface area contributed by atoms with Crippen LogP contribution in [0.5, 0.6) is 5.75 Å². The number of benzene rings is 2. The molecule has 7 heteroatoms. The van der Waals surface area contributed by atoms with Gasteiger partial charge in [-0.1, -0.05) is 29.8 Å². The zero-order valence-electron chi connectivity index (χ0n) is 15.7. The second-order valence-electron chi connectivity index (χ2n) is 6.23. The van der Waals surface area contributed by atoms with Gasteiger partial charge in [0.05, 0.1) is 7.11 Å².